The number of nitrogens with two attached hydrogens (primary N) is 1. The van der Waals surface area contributed by atoms with Crippen molar-refractivity contribution in [1.29, 1.82) is 0 Å². The normalized spacial score (nSPS) is 10.7. The van der Waals surface area contributed by atoms with Crippen LogP contribution in [0.25, 0.3) is 0 Å². The molecule has 0 bridgehead atoms. The minimum atomic E-state index is 0. The fraction of sp³-hybridized carbons (Fsp3) is 0.316. The Bertz CT molecular complexity index is 751. The number of guanidine groups is 1. The lowest BCUT2D eigenvalue weighted by atomic mass is 10.1. The van der Waals surface area contributed by atoms with Gasteiger partial charge in [-0.25, -0.2) is 4.99 Å². The van der Waals surface area contributed by atoms with E-state index in [4.69, 9.17) is 19.9 Å². The minimum absolute atomic E-state index is 0. The molecule has 2 aromatic carbocycles. The van der Waals surface area contributed by atoms with E-state index in [-0.39, 0.29) is 24.0 Å². The lowest BCUT2D eigenvalue weighted by molar-refractivity contribution is 0.338. The summed E-state index contributed by atoms with van der Waals surface area (Å²) in [6.07, 6.45) is 0. The maximum atomic E-state index is 6.00. The highest BCUT2D eigenvalue weighted by Crippen LogP contribution is 2.28. The van der Waals surface area contributed by atoms with Crippen LogP contribution in [0, 0.1) is 6.92 Å². The Balaban J connectivity index is 0.00000338. The molecule has 2 rings (SSSR count). The summed E-state index contributed by atoms with van der Waals surface area (Å²) in [6.45, 7) is 5.10. The van der Waals surface area contributed by atoms with Crippen molar-refractivity contribution in [2.45, 2.75) is 20.4 Å². The van der Waals surface area contributed by atoms with Gasteiger partial charge >= 0.3 is 0 Å². The summed E-state index contributed by atoms with van der Waals surface area (Å²) < 4.78 is 16.1. The van der Waals surface area contributed by atoms with E-state index in [0.29, 0.717) is 36.3 Å². The van der Waals surface area contributed by atoms with E-state index < -0.39 is 0 Å². The van der Waals surface area contributed by atoms with E-state index in [0.717, 1.165) is 16.9 Å². The number of rotatable bonds is 7. The van der Waals surface area contributed by atoms with Gasteiger partial charge in [0.2, 0.25) is 0 Å². The van der Waals surface area contributed by atoms with Crippen molar-refractivity contribution < 1.29 is 14.2 Å². The smallest absolute Gasteiger partial charge is 0.193 e. The maximum Gasteiger partial charge on any atom is 0.193 e. The summed E-state index contributed by atoms with van der Waals surface area (Å²) in [5.41, 5.74) is 8.84. The van der Waals surface area contributed by atoms with Crippen LogP contribution < -0.4 is 25.3 Å². The molecule has 0 radical (unpaired) electrons. The van der Waals surface area contributed by atoms with Gasteiger partial charge in [0.05, 0.1) is 33.1 Å². The second-order valence-corrected chi connectivity index (χ2v) is 5.43. The molecule has 0 aliphatic carbocycles. The monoisotopic (exact) mass is 471 g/mol. The molecule has 0 saturated heterocycles. The fourth-order valence-corrected chi connectivity index (χ4v) is 2.39. The number of anilines is 1. The summed E-state index contributed by atoms with van der Waals surface area (Å²) in [5.74, 6) is 2.56. The molecule has 0 spiro atoms. The first kappa shape index (κ1) is 21.9. The van der Waals surface area contributed by atoms with Gasteiger partial charge in [0.1, 0.15) is 17.2 Å². The number of nitrogens with zero attached hydrogens (tertiary/aromatic N) is 1. The molecule has 142 valence electrons. The molecule has 0 aliphatic heterocycles. The Kier molecular flexibility index (Phi) is 9.04. The predicted molar refractivity (Wildman–Crippen MR) is 116 cm³/mol. The number of hydrogen-bond acceptors (Lipinski definition) is 4. The van der Waals surface area contributed by atoms with E-state index in [1.165, 1.54) is 0 Å². The van der Waals surface area contributed by atoms with Crippen molar-refractivity contribution in [1.82, 2.24) is 0 Å². The molecule has 3 N–H and O–H groups in total. The van der Waals surface area contributed by atoms with Crippen LogP contribution in [0.15, 0.2) is 41.4 Å². The lowest BCUT2D eigenvalue weighted by Crippen LogP contribution is -2.23. The molecular weight excluding hydrogens is 445 g/mol. The minimum Gasteiger partial charge on any atom is -0.497 e. The third kappa shape index (κ3) is 5.98. The quantitative estimate of drug-likeness (QED) is 0.363. The molecular formula is C19H26IN3O3. The summed E-state index contributed by atoms with van der Waals surface area (Å²) >= 11 is 0. The average Bonchev–Trinajstić information content (AvgIpc) is 2.62. The fourth-order valence-electron chi connectivity index (χ4n) is 2.39. The Hall–Kier alpha value is -2.16. The SMILES string of the molecule is CCOc1ccc(CN=C(N)Nc2cc(OC)ccc2OC)cc1C.I. The molecule has 0 fully saturated rings. The summed E-state index contributed by atoms with van der Waals surface area (Å²) in [7, 11) is 3.21. The van der Waals surface area contributed by atoms with Gasteiger partial charge in [-0.3, -0.25) is 0 Å². The van der Waals surface area contributed by atoms with Gasteiger partial charge in [-0.15, -0.1) is 24.0 Å². The van der Waals surface area contributed by atoms with Gasteiger partial charge in [-0.2, -0.15) is 0 Å². The highest BCUT2D eigenvalue weighted by atomic mass is 127. The second kappa shape index (κ2) is 10.7. The number of methoxy groups -OCH3 is 2. The van der Waals surface area contributed by atoms with Gasteiger partial charge in [0, 0.05) is 6.07 Å². The molecule has 6 nitrogen and oxygen atoms in total. The standard InChI is InChI=1S/C19H25N3O3.HI/c1-5-25-17-8-6-14(10-13(17)2)12-21-19(20)22-16-11-15(23-3)7-9-18(16)24-4;/h6-11H,5,12H2,1-4H3,(H3,20,21,22);1H. The van der Waals surface area contributed by atoms with Crippen LogP contribution in [-0.4, -0.2) is 26.8 Å². The van der Waals surface area contributed by atoms with E-state index >= 15 is 0 Å². The number of ether oxygens (including phenoxy) is 3. The Labute approximate surface area is 171 Å². The van der Waals surface area contributed by atoms with Crippen molar-refractivity contribution in [2.24, 2.45) is 10.7 Å². The van der Waals surface area contributed by atoms with Crippen LogP contribution in [0.4, 0.5) is 5.69 Å². The number of aryl methyl sites for hydroxylation is 1. The van der Waals surface area contributed by atoms with Gasteiger partial charge in [-0.1, -0.05) is 12.1 Å². The van der Waals surface area contributed by atoms with Gasteiger partial charge in [-0.05, 0) is 43.2 Å². The molecule has 0 aliphatic rings. The molecule has 0 atom stereocenters. The first-order valence-electron chi connectivity index (χ1n) is 8.08. The van der Waals surface area contributed by atoms with Gasteiger partial charge in [0.15, 0.2) is 5.96 Å². The van der Waals surface area contributed by atoms with Crippen molar-refractivity contribution >= 4 is 35.6 Å². The van der Waals surface area contributed by atoms with E-state index in [1.807, 2.05) is 50.2 Å². The van der Waals surface area contributed by atoms with Crippen LogP contribution in [-0.2, 0) is 6.54 Å². The molecule has 0 aromatic heterocycles. The van der Waals surface area contributed by atoms with Gasteiger partial charge < -0.3 is 25.3 Å². The number of aliphatic imine (C=N–C) groups is 1. The van der Waals surface area contributed by atoms with Crippen molar-refractivity contribution in [2.75, 3.05) is 26.1 Å². The molecule has 7 heteroatoms. The third-order valence-corrected chi connectivity index (χ3v) is 3.64. The van der Waals surface area contributed by atoms with E-state index in [9.17, 15) is 0 Å². The average molecular weight is 471 g/mol. The molecule has 0 amide bonds. The number of hydrogen-bond donors (Lipinski definition) is 2. The topological polar surface area (TPSA) is 78.1 Å². The van der Waals surface area contributed by atoms with Crippen LogP contribution >= 0.6 is 24.0 Å². The Morgan fingerprint density at radius 2 is 1.81 bits per heavy atom. The number of halogens is 1. The summed E-state index contributed by atoms with van der Waals surface area (Å²) in [6, 6.07) is 11.4. The largest absolute Gasteiger partial charge is 0.497 e. The Morgan fingerprint density at radius 3 is 2.42 bits per heavy atom. The Morgan fingerprint density at radius 1 is 1.08 bits per heavy atom. The summed E-state index contributed by atoms with van der Waals surface area (Å²) in [4.78, 5) is 4.38. The summed E-state index contributed by atoms with van der Waals surface area (Å²) in [5, 5.41) is 3.05. The first-order valence-corrected chi connectivity index (χ1v) is 8.08. The molecule has 0 unspecified atom stereocenters. The zero-order chi connectivity index (χ0) is 18.2. The predicted octanol–water partition coefficient (Wildman–Crippen LogP) is 3.96. The van der Waals surface area contributed by atoms with Crippen LogP contribution in [0.3, 0.4) is 0 Å². The highest BCUT2D eigenvalue weighted by molar-refractivity contribution is 14.0. The van der Waals surface area contributed by atoms with E-state index in [1.54, 1.807) is 14.2 Å². The third-order valence-electron chi connectivity index (χ3n) is 3.64. The van der Waals surface area contributed by atoms with Crippen LogP contribution in [0.5, 0.6) is 17.2 Å². The molecule has 0 heterocycles. The number of benzene rings is 2. The van der Waals surface area contributed by atoms with Crippen molar-refractivity contribution in [3.8, 4) is 17.2 Å². The van der Waals surface area contributed by atoms with Crippen LogP contribution in [0.2, 0.25) is 0 Å². The molecule has 2 aromatic rings. The second-order valence-electron chi connectivity index (χ2n) is 5.43. The van der Waals surface area contributed by atoms with Crippen molar-refractivity contribution in [3.05, 3.63) is 47.5 Å². The first-order chi connectivity index (χ1) is 12.1. The highest BCUT2D eigenvalue weighted by Gasteiger charge is 2.06. The molecule has 26 heavy (non-hydrogen) atoms. The molecule has 0 saturated carbocycles. The lowest BCUT2D eigenvalue weighted by Gasteiger charge is -2.12. The maximum absolute atomic E-state index is 6.00. The van der Waals surface area contributed by atoms with Crippen LogP contribution in [0.1, 0.15) is 18.1 Å². The van der Waals surface area contributed by atoms with Crippen molar-refractivity contribution in [3.63, 3.8) is 0 Å². The number of nitrogens with one attached hydrogen (secondary N) is 1. The van der Waals surface area contributed by atoms with Gasteiger partial charge in [0.25, 0.3) is 0 Å². The zero-order valence-electron chi connectivity index (χ0n) is 15.5. The zero-order valence-corrected chi connectivity index (χ0v) is 17.9. The van der Waals surface area contributed by atoms with E-state index in [2.05, 4.69) is 10.3 Å².